The smallest absolute Gasteiger partial charge is 0.337 e. The zero-order valence-electron chi connectivity index (χ0n) is 14.4. The average Bonchev–Trinajstić information content (AvgIpc) is 2.66. The molecule has 0 unspecified atom stereocenters. The lowest BCUT2D eigenvalue weighted by Crippen LogP contribution is -2.24. The second-order valence-corrected chi connectivity index (χ2v) is 5.29. The summed E-state index contributed by atoms with van der Waals surface area (Å²) in [5.41, 5.74) is 1.55. The van der Waals surface area contributed by atoms with E-state index in [1.54, 1.807) is 30.3 Å². The number of carbonyl (C=O) groups excluding carboxylic acids is 3. The Morgan fingerprint density at radius 1 is 1.12 bits per heavy atom. The van der Waals surface area contributed by atoms with Gasteiger partial charge in [-0.25, -0.2) is 4.79 Å². The van der Waals surface area contributed by atoms with E-state index in [1.807, 2.05) is 0 Å². The number of rotatable bonds is 7. The summed E-state index contributed by atoms with van der Waals surface area (Å²) in [4.78, 5) is 39.6. The van der Waals surface area contributed by atoms with Crippen LogP contribution in [-0.2, 0) is 20.8 Å². The third-order valence-corrected chi connectivity index (χ3v) is 3.32. The van der Waals surface area contributed by atoms with E-state index < -0.39 is 5.97 Å². The molecule has 1 aromatic heterocycles. The number of esters is 1. The molecule has 1 heterocycles. The van der Waals surface area contributed by atoms with Gasteiger partial charge in [0.05, 0.1) is 12.7 Å². The summed E-state index contributed by atoms with van der Waals surface area (Å²) in [6, 6.07) is 9.74. The van der Waals surface area contributed by atoms with E-state index in [0.717, 1.165) is 0 Å². The van der Waals surface area contributed by atoms with Gasteiger partial charge >= 0.3 is 5.97 Å². The lowest BCUT2D eigenvalue weighted by molar-refractivity contribution is -0.119. The van der Waals surface area contributed by atoms with Crippen molar-refractivity contribution >= 4 is 23.5 Å². The van der Waals surface area contributed by atoms with E-state index in [1.165, 1.54) is 26.5 Å². The van der Waals surface area contributed by atoms with Crippen molar-refractivity contribution in [3.8, 4) is 0 Å². The van der Waals surface area contributed by atoms with E-state index >= 15 is 0 Å². The maximum absolute atomic E-state index is 12.1. The number of benzene rings is 1. The third-order valence-electron chi connectivity index (χ3n) is 3.32. The maximum atomic E-state index is 12.1. The van der Waals surface area contributed by atoms with Crippen LogP contribution in [0.5, 0.6) is 0 Å². The second-order valence-electron chi connectivity index (χ2n) is 5.29. The fourth-order valence-corrected chi connectivity index (χ4v) is 2.20. The Labute approximate surface area is 150 Å². The highest BCUT2D eigenvalue weighted by Gasteiger charge is 2.12. The number of nitrogens with one attached hydrogen (secondary N) is 2. The first-order valence-electron chi connectivity index (χ1n) is 7.73. The highest BCUT2D eigenvalue weighted by molar-refractivity contribution is 5.95. The number of nitrogens with zero attached hydrogens (tertiary/aromatic N) is 1. The Morgan fingerprint density at radius 2 is 1.92 bits per heavy atom. The molecule has 0 saturated heterocycles. The van der Waals surface area contributed by atoms with Gasteiger partial charge in [0.1, 0.15) is 12.3 Å². The molecule has 8 heteroatoms. The van der Waals surface area contributed by atoms with Crippen molar-refractivity contribution in [1.82, 2.24) is 10.3 Å². The molecule has 0 saturated carbocycles. The fraction of sp³-hybridized carbons (Fsp3) is 0.222. The number of aromatic nitrogens is 1. The van der Waals surface area contributed by atoms with Crippen LogP contribution >= 0.6 is 0 Å². The van der Waals surface area contributed by atoms with Crippen LogP contribution < -0.4 is 10.6 Å². The molecule has 2 amide bonds. The fourth-order valence-electron chi connectivity index (χ4n) is 2.20. The first-order valence-corrected chi connectivity index (χ1v) is 7.73. The molecule has 2 N–H and O–H groups in total. The molecule has 0 fully saturated rings. The van der Waals surface area contributed by atoms with Crippen molar-refractivity contribution in [2.45, 2.75) is 6.54 Å². The number of pyridine rings is 1. The molecule has 0 aliphatic carbocycles. The highest BCUT2D eigenvalue weighted by atomic mass is 16.5. The topological polar surface area (TPSA) is 107 Å². The Balaban J connectivity index is 2.16. The standard InChI is InChI=1S/C18H19N3O5/c1-25-11-16(22)21-14-8-12(7-13(9-14)18(24)26-2)10-20-17(23)15-5-3-4-6-19-15/h3-9H,10-11H2,1-2H3,(H,20,23)(H,21,22). The molecular formula is C18H19N3O5. The van der Waals surface area contributed by atoms with Crippen molar-refractivity contribution in [3.05, 3.63) is 59.4 Å². The normalized spacial score (nSPS) is 10.1. The number of ether oxygens (including phenoxy) is 2. The second kappa shape index (κ2) is 9.28. The molecule has 0 atom stereocenters. The minimum absolute atomic E-state index is 0.117. The number of anilines is 1. The summed E-state index contributed by atoms with van der Waals surface area (Å²) in [6.07, 6.45) is 1.52. The van der Waals surface area contributed by atoms with Crippen molar-refractivity contribution in [3.63, 3.8) is 0 Å². The van der Waals surface area contributed by atoms with E-state index in [9.17, 15) is 14.4 Å². The van der Waals surface area contributed by atoms with Gasteiger partial charge < -0.3 is 20.1 Å². The van der Waals surface area contributed by atoms with E-state index in [0.29, 0.717) is 11.3 Å². The lowest BCUT2D eigenvalue weighted by Gasteiger charge is -2.11. The first kappa shape index (κ1) is 19.1. The molecule has 136 valence electrons. The molecule has 0 bridgehead atoms. The van der Waals surface area contributed by atoms with Crippen molar-refractivity contribution < 1.29 is 23.9 Å². The van der Waals surface area contributed by atoms with Crippen molar-refractivity contribution in [1.29, 1.82) is 0 Å². The van der Waals surface area contributed by atoms with Gasteiger partial charge in [0.2, 0.25) is 5.91 Å². The number of amides is 2. The molecule has 0 aliphatic heterocycles. The number of hydrogen-bond donors (Lipinski definition) is 2. The van der Waals surface area contributed by atoms with Crippen LogP contribution in [0, 0.1) is 0 Å². The minimum atomic E-state index is -0.551. The van der Waals surface area contributed by atoms with Gasteiger partial charge in [-0.1, -0.05) is 6.07 Å². The Hall–Kier alpha value is -3.26. The maximum Gasteiger partial charge on any atom is 0.337 e. The Bertz CT molecular complexity index is 793. The van der Waals surface area contributed by atoms with E-state index in [-0.39, 0.29) is 36.2 Å². The summed E-state index contributed by atoms with van der Waals surface area (Å²) in [5.74, 6) is -1.26. The summed E-state index contributed by atoms with van der Waals surface area (Å²) < 4.78 is 9.49. The average molecular weight is 357 g/mol. The molecule has 0 aliphatic rings. The molecule has 0 spiro atoms. The lowest BCUT2D eigenvalue weighted by atomic mass is 10.1. The Morgan fingerprint density at radius 3 is 2.58 bits per heavy atom. The van der Waals surface area contributed by atoms with Crippen molar-refractivity contribution in [2.24, 2.45) is 0 Å². The minimum Gasteiger partial charge on any atom is -0.465 e. The van der Waals surface area contributed by atoms with Gasteiger partial charge in [-0.2, -0.15) is 0 Å². The summed E-state index contributed by atoms with van der Waals surface area (Å²) in [6.45, 7) is 0.0294. The van der Waals surface area contributed by atoms with Crippen LogP contribution in [0.1, 0.15) is 26.4 Å². The Kier molecular flexibility index (Phi) is 6.81. The highest BCUT2D eigenvalue weighted by Crippen LogP contribution is 2.16. The third kappa shape index (κ3) is 5.38. The van der Waals surface area contributed by atoms with Gasteiger partial charge in [-0.3, -0.25) is 14.6 Å². The molecule has 2 rings (SSSR count). The van der Waals surface area contributed by atoms with Crippen LogP contribution in [0.3, 0.4) is 0 Å². The summed E-state index contributed by atoms with van der Waals surface area (Å²) in [7, 11) is 2.67. The van der Waals surface area contributed by atoms with Crippen LogP contribution in [0.25, 0.3) is 0 Å². The van der Waals surface area contributed by atoms with Crippen LogP contribution in [0.4, 0.5) is 5.69 Å². The van der Waals surface area contributed by atoms with E-state index in [2.05, 4.69) is 15.6 Å². The van der Waals surface area contributed by atoms with Gasteiger partial charge in [0.15, 0.2) is 0 Å². The zero-order chi connectivity index (χ0) is 18.9. The molecule has 8 nitrogen and oxygen atoms in total. The van der Waals surface area contributed by atoms with Crippen molar-refractivity contribution in [2.75, 3.05) is 26.1 Å². The van der Waals surface area contributed by atoms with Gasteiger partial charge in [-0.15, -0.1) is 0 Å². The SMILES string of the molecule is COCC(=O)Nc1cc(CNC(=O)c2ccccn2)cc(C(=O)OC)c1. The zero-order valence-corrected chi connectivity index (χ0v) is 14.4. The van der Waals surface area contributed by atoms with Crippen LogP contribution in [0.15, 0.2) is 42.6 Å². The number of methoxy groups -OCH3 is 2. The summed E-state index contributed by atoms with van der Waals surface area (Å²) in [5, 5.41) is 5.34. The largest absolute Gasteiger partial charge is 0.465 e. The molecular weight excluding hydrogens is 338 g/mol. The molecule has 0 radical (unpaired) electrons. The van der Waals surface area contributed by atoms with Crippen LogP contribution in [-0.4, -0.2) is 43.6 Å². The predicted molar refractivity (Wildman–Crippen MR) is 93.7 cm³/mol. The summed E-state index contributed by atoms with van der Waals surface area (Å²) >= 11 is 0. The number of carbonyl (C=O) groups is 3. The van der Waals surface area contributed by atoms with Gasteiger partial charge in [0.25, 0.3) is 5.91 Å². The predicted octanol–water partition coefficient (Wildman–Crippen LogP) is 1.38. The van der Waals surface area contributed by atoms with Gasteiger partial charge in [-0.05, 0) is 35.9 Å². The first-order chi connectivity index (χ1) is 12.5. The monoisotopic (exact) mass is 357 g/mol. The van der Waals surface area contributed by atoms with Gasteiger partial charge in [0, 0.05) is 25.5 Å². The number of hydrogen-bond acceptors (Lipinski definition) is 6. The van der Waals surface area contributed by atoms with Crippen LogP contribution in [0.2, 0.25) is 0 Å². The molecule has 2 aromatic rings. The van der Waals surface area contributed by atoms with E-state index in [4.69, 9.17) is 9.47 Å². The quantitative estimate of drug-likeness (QED) is 0.725. The molecule has 1 aromatic carbocycles. The molecule has 26 heavy (non-hydrogen) atoms.